The zero-order valence-corrected chi connectivity index (χ0v) is 14.8. The zero-order valence-electron chi connectivity index (χ0n) is 13.2. The highest BCUT2D eigenvalue weighted by Crippen LogP contribution is 2.37. The Morgan fingerprint density at radius 2 is 1.04 bits per heavy atom. The maximum absolute atomic E-state index is 5.72. The number of hydrogen-bond acceptors (Lipinski definition) is 6. The van der Waals surface area contributed by atoms with E-state index in [0.29, 0.717) is 0 Å². The maximum atomic E-state index is 5.72. The van der Waals surface area contributed by atoms with Gasteiger partial charge in [0.15, 0.2) is 0 Å². The second-order valence-corrected chi connectivity index (χ2v) is 8.61. The molecule has 0 aliphatic rings. The fourth-order valence-electron chi connectivity index (χ4n) is 3.72. The molecule has 0 spiro atoms. The average Bonchev–Trinajstić information content (AvgIpc) is 3.24. The van der Waals surface area contributed by atoms with E-state index in [-0.39, 0.29) is 0 Å². The van der Waals surface area contributed by atoms with E-state index in [0.717, 1.165) is 32.3 Å². The molecule has 0 saturated carbocycles. The van der Waals surface area contributed by atoms with E-state index in [4.69, 9.17) is 11.7 Å². The summed E-state index contributed by atoms with van der Waals surface area (Å²) in [5.74, 6) is 11.4. The minimum Gasteiger partial charge on any atom is -0.323 e. The molecule has 6 heteroatoms. The Morgan fingerprint density at radius 3 is 1.42 bits per heavy atom. The van der Waals surface area contributed by atoms with Crippen LogP contribution in [0.3, 0.4) is 0 Å². The lowest BCUT2D eigenvalue weighted by atomic mass is 10.1. The van der Waals surface area contributed by atoms with E-state index in [2.05, 4.69) is 48.3 Å². The fraction of sp³-hybridized carbons (Fsp3) is 0.111. The first-order valence-corrected chi connectivity index (χ1v) is 9.22. The molecule has 0 bridgehead atoms. The van der Waals surface area contributed by atoms with Gasteiger partial charge >= 0.3 is 0 Å². The Kier molecular flexibility index (Phi) is 2.65. The first-order valence-electron chi connectivity index (χ1n) is 7.59. The van der Waals surface area contributed by atoms with Gasteiger partial charge in [-0.3, -0.25) is 0 Å². The summed E-state index contributed by atoms with van der Waals surface area (Å²) in [4.78, 5) is 2.52. The summed E-state index contributed by atoms with van der Waals surface area (Å²) in [6.07, 6.45) is 0. The SMILES string of the molecule is Cc1cc2/c(=N/N)c3cc4c(cc3c2s1)/c(=N\N)c1cc(C)sc14. The smallest absolute Gasteiger partial charge is 0.0992 e. The van der Waals surface area contributed by atoms with Gasteiger partial charge in [0.05, 0.1) is 10.7 Å². The molecule has 0 aliphatic heterocycles. The van der Waals surface area contributed by atoms with Crippen LogP contribution in [0.15, 0.2) is 34.5 Å². The Bertz CT molecular complexity index is 1280. The predicted molar refractivity (Wildman–Crippen MR) is 104 cm³/mol. The minimum atomic E-state index is 0.875. The van der Waals surface area contributed by atoms with E-state index in [1.54, 1.807) is 22.7 Å². The Morgan fingerprint density at radius 1 is 0.625 bits per heavy atom. The molecule has 24 heavy (non-hydrogen) atoms. The Balaban J connectivity index is 2.13. The monoisotopic (exact) mass is 350 g/mol. The Hall–Kier alpha value is -2.44. The summed E-state index contributed by atoms with van der Waals surface area (Å²) in [6, 6.07) is 8.72. The number of fused-ring (bicyclic) bond motifs is 6. The molecule has 0 fully saturated rings. The van der Waals surface area contributed by atoms with Gasteiger partial charge < -0.3 is 11.7 Å². The van der Waals surface area contributed by atoms with Crippen molar-refractivity contribution in [2.75, 3.05) is 0 Å². The normalized spacial score (nSPS) is 14.2. The van der Waals surface area contributed by atoms with Gasteiger partial charge in [-0.05, 0) is 38.1 Å². The van der Waals surface area contributed by atoms with Crippen LogP contribution in [0.2, 0.25) is 0 Å². The first kappa shape index (κ1) is 13.9. The van der Waals surface area contributed by atoms with Gasteiger partial charge in [0, 0.05) is 51.5 Å². The number of benzene rings is 1. The van der Waals surface area contributed by atoms with E-state index in [1.807, 2.05) is 0 Å². The molecule has 3 aromatic carbocycles. The zero-order chi connectivity index (χ0) is 16.6. The van der Waals surface area contributed by atoms with Crippen molar-refractivity contribution in [3.63, 3.8) is 0 Å². The fourth-order valence-corrected chi connectivity index (χ4v) is 5.80. The molecule has 4 N–H and O–H groups in total. The molecule has 0 aliphatic carbocycles. The quantitative estimate of drug-likeness (QED) is 0.331. The van der Waals surface area contributed by atoms with Crippen LogP contribution < -0.4 is 22.4 Å². The van der Waals surface area contributed by atoms with Crippen molar-refractivity contribution in [2.45, 2.75) is 13.8 Å². The molecule has 2 heterocycles. The molecule has 0 unspecified atom stereocenters. The van der Waals surface area contributed by atoms with E-state index >= 15 is 0 Å². The lowest BCUT2D eigenvalue weighted by Gasteiger charge is -1.95. The maximum Gasteiger partial charge on any atom is 0.0992 e. The third-order valence-electron chi connectivity index (χ3n) is 4.64. The summed E-state index contributed by atoms with van der Waals surface area (Å²) >= 11 is 3.55. The van der Waals surface area contributed by atoms with Gasteiger partial charge in [-0.1, -0.05) is 0 Å². The van der Waals surface area contributed by atoms with Crippen LogP contribution in [-0.4, -0.2) is 0 Å². The van der Waals surface area contributed by atoms with Crippen LogP contribution in [0.4, 0.5) is 0 Å². The van der Waals surface area contributed by atoms with Crippen molar-refractivity contribution in [1.82, 2.24) is 0 Å². The topological polar surface area (TPSA) is 76.8 Å². The van der Waals surface area contributed by atoms with Crippen molar-refractivity contribution >= 4 is 64.4 Å². The van der Waals surface area contributed by atoms with Gasteiger partial charge in [-0.2, -0.15) is 10.2 Å². The number of thiophene rings is 2. The molecule has 0 atom stereocenters. The lowest BCUT2D eigenvalue weighted by Crippen LogP contribution is -2.04. The molecule has 5 rings (SSSR count). The number of hydrogen-bond donors (Lipinski definition) is 2. The van der Waals surface area contributed by atoms with Crippen molar-refractivity contribution in [3.8, 4) is 0 Å². The van der Waals surface area contributed by atoms with E-state index < -0.39 is 0 Å². The highest BCUT2D eigenvalue weighted by atomic mass is 32.1. The molecule has 2 aromatic heterocycles. The van der Waals surface area contributed by atoms with Gasteiger partial charge in [-0.15, -0.1) is 22.7 Å². The molecular weight excluding hydrogens is 336 g/mol. The average molecular weight is 350 g/mol. The summed E-state index contributed by atoms with van der Waals surface area (Å²) in [6.45, 7) is 4.22. The second-order valence-electron chi connectivity index (χ2n) is 6.10. The number of nitrogens with two attached hydrogens (primary N) is 2. The van der Waals surface area contributed by atoms with Crippen molar-refractivity contribution in [3.05, 3.63) is 44.7 Å². The highest BCUT2D eigenvalue weighted by molar-refractivity contribution is 7.20. The molecule has 5 aromatic rings. The Labute approximate surface area is 145 Å². The summed E-state index contributed by atoms with van der Waals surface area (Å²) < 4.78 is 2.47. The molecule has 0 amide bonds. The van der Waals surface area contributed by atoms with Gasteiger partial charge in [-0.25, -0.2) is 0 Å². The number of nitrogens with zero attached hydrogens (tertiary/aromatic N) is 2. The lowest BCUT2D eigenvalue weighted by molar-refractivity contribution is 1.17. The summed E-state index contributed by atoms with van der Waals surface area (Å²) in [7, 11) is 0. The van der Waals surface area contributed by atoms with Crippen LogP contribution in [0.5, 0.6) is 0 Å². The summed E-state index contributed by atoms with van der Waals surface area (Å²) in [5.41, 5.74) is 0. The van der Waals surface area contributed by atoms with Crippen LogP contribution in [-0.2, 0) is 0 Å². The summed E-state index contributed by atoms with van der Waals surface area (Å²) in [5, 5.41) is 16.7. The predicted octanol–water partition coefficient (Wildman–Crippen LogP) is 3.46. The van der Waals surface area contributed by atoms with Crippen LogP contribution in [0.25, 0.3) is 41.7 Å². The van der Waals surface area contributed by atoms with Crippen LogP contribution >= 0.6 is 22.7 Å². The van der Waals surface area contributed by atoms with E-state index in [1.165, 1.54) is 29.9 Å². The van der Waals surface area contributed by atoms with Crippen LogP contribution in [0, 0.1) is 13.8 Å². The van der Waals surface area contributed by atoms with Crippen molar-refractivity contribution in [2.24, 2.45) is 21.9 Å². The molecular formula is C18H14N4S2. The largest absolute Gasteiger partial charge is 0.323 e. The third-order valence-corrected chi connectivity index (χ3v) is 6.80. The number of aryl methyl sites for hydroxylation is 2. The molecule has 4 nitrogen and oxygen atoms in total. The van der Waals surface area contributed by atoms with E-state index in [9.17, 15) is 0 Å². The minimum absolute atomic E-state index is 0.875. The second kappa shape index (κ2) is 4.55. The number of rotatable bonds is 0. The molecule has 0 radical (unpaired) electrons. The van der Waals surface area contributed by atoms with Gasteiger partial charge in [0.25, 0.3) is 0 Å². The van der Waals surface area contributed by atoms with Crippen molar-refractivity contribution < 1.29 is 0 Å². The standard InChI is InChI=1S/C18H14N4S2/c1-7-3-13-15(21-19)9-6-12-10(5-11(9)17(13)23-7)16(22-20)14-4-8(2)24-18(12)14/h3-6H,19-20H2,1-2H3/b21-15+,22-16+. The third kappa shape index (κ3) is 1.57. The van der Waals surface area contributed by atoms with Gasteiger partial charge in [0.1, 0.15) is 0 Å². The molecule has 118 valence electrons. The van der Waals surface area contributed by atoms with Crippen molar-refractivity contribution in [1.29, 1.82) is 0 Å². The van der Waals surface area contributed by atoms with Gasteiger partial charge in [0.2, 0.25) is 0 Å². The highest BCUT2D eigenvalue weighted by Gasteiger charge is 2.17. The first-order chi connectivity index (χ1) is 11.6. The molecule has 0 saturated heterocycles. The van der Waals surface area contributed by atoms with Crippen LogP contribution in [0.1, 0.15) is 9.75 Å².